The predicted octanol–water partition coefficient (Wildman–Crippen LogP) is 1.93. The van der Waals surface area contributed by atoms with Crippen LogP contribution in [-0.4, -0.2) is 58.1 Å². The number of rotatable bonds is 9. The smallest absolute Gasteiger partial charge is 0.244 e. The zero-order valence-corrected chi connectivity index (χ0v) is 19.3. The number of aryl methyl sites for hydroxylation is 1. The van der Waals surface area contributed by atoms with E-state index in [1.165, 1.54) is 11.9 Å². The Morgan fingerprint density at radius 1 is 1.13 bits per heavy atom. The van der Waals surface area contributed by atoms with Crippen molar-refractivity contribution in [1.82, 2.24) is 10.2 Å². The lowest BCUT2D eigenvalue weighted by Crippen LogP contribution is -2.50. The number of benzene rings is 2. The molecule has 0 aliphatic heterocycles. The van der Waals surface area contributed by atoms with Gasteiger partial charge in [0.25, 0.3) is 0 Å². The standard InChI is InChI=1S/C22H29N3O5S/c1-16-9-6-7-12-20(16)25(31(5,28)29)15-21(26)24(17(2)22(27)23-3)14-18-10-8-11-19(13-18)30-4/h6-13,17H,14-15H2,1-5H3,(H,23,27)/t17-/m0/s1. The minimum absolute atomic E-state index is 0.121. The van der Waals surface area contributed by atoms with Gasteiger partial charge in [0.05, 0.1) is 19.1 Å². The molecule has 1 atom stereocenters. The molecule has 0 aliphatic carbocycles. The van der Waals surface area contributed by atoms with Crippen LogP contribution in [0.15, 0.2) is 48.5 Å². The number of methoxy groups -OCH3 is 1. The number of anilines is 1. The highest BCUT2D eigenvalue weighted by Gasteiger charge is 2.30. The minimum Gasteiger partial charge on any atom is -0.497 e. The molecule has 2 aromatic rings. The zero-order valence-electron chi connectivity index (χ0n) is 18.5. The van der Waals surface area contributed by atoms with Gasteiger partial charge < -0.3 is 15.0 Å². The van der Waals surface area contributed by atoms with E-state index in [0.717, 1.165) is 21.7 Å². The Balaban J connectivity index is 2.40. The molecule has 0 unspecified atom stereocenters. The van der Waals surface area contributed by atoms with Gasteiger partial charge in [0.2, 0.25) is 21.8 Å². The van der Waals surface area contributed by atoms with Gasteiger partial charge in [0.1, 0.15) is 18.3 Å². The number of likely N-dealkylation sites (N-methyl/N-ethyl adjacent to an activating group) is 1. The number of amides is 2. The maximum atomic E-state index is 13.3. The van der Waals surface area contributed by atoms with Crippen LogP contribution < -0.4 is 14.4 Å². The zero-order chi connectivity index (χ0) is 23.2. The molecule has 0 fully saturated rings. The van der Waals surface area contributed by atoms with E-state index in [0.29, 0.717) is 11.4 Å². The van der Waals surface area contributed by atoms with Crippen LogP contribution in [0.5, 0.6) is 5.75 Å². The Kier molecular flexibility index (Phi) is 8.04. The van der Waals surface area contributed by atoms with Crippen LogP contribution in [0.1, 0.15) is 18.1 Å². The molecule has 168 valence electrons. The van der Waals surface area contributed by atoms with E-state index in [1.807, 2.05) is 6.07 Å². The number of para-hydroxylation sites is 1. The lowest BCUT2D eigenvalue weighted by atomic mass is 10.1. The highest BCUT2D eigenvalue weighted by Crippen LogP contribution is 2.23. The molecule has 0 saturated carbocycles. The van der Waals surface area contributed by atoms with E-state index in [2.05, 4.69) is 5.32 Å². The summed E-state index contributed by atoms with van der Waals surface area (Å²) in [6.45, 7) is 3.08. The van der Waals surface area contributed by atoms with Crippen molar-refractivity contribution >= 4 is 27.5 Å². The second-order valence-corrected chi connectivity index (χ2v) is 9.13. The summed E-state index contributed by atoms with van der Waals surface area (Å²) in [6, 6.07) is 13.3. The van der Waals surface area contributed by atoms with Crippen LogP contribution in [-0.2, 0) is 26.2 Å². The van der Waals surface area contributed by atoms with Gasteiger partial charge >= 0.3 is 0 Å². The fourth-order valence-corrected chi connectivity index (χ4v) is 4.10. The van der Waals surface area contributed by atoms with Gasteiger partial charge in [0.15, 0.2) is 0 Å². The third kappa shape index (κ3) is 6.21. The Bertz CT molecular complexity index is 1040. The molecule has 9 heteroatoms. The predicted molar refractivity (Wildman–Crippen MR) is 120 cm³/mol. The van der Waals surface area contributed by atoms with Crippen LogP contribution in [0.25, 0.3) is 0 Å². The Labute approximate surface area is 183 Å². The van der Waals surface area contributed by atoms with E-state index in [-0.39, 0.29) is 12.5 Å². The molecule has 2 aromatic carbocycles. The summed E-state index contributed by atoms with van der Waals surface area (Å²) in [5.41, 5.74) is 1.90. The first-order valence-corrected chi connectivity index (χ1v) is 11.6. The van der Waals surface area contributed by atoms with Crippen molar-refractivity contribution in [2.75, 3.05) is 31.3 Å². The van der Waals surface area contributed by atoms with Gasteiger partial charge in [-0.1, -0.05) is 30.3 Å². The molecule has 0 heterocycles. The summed E-state index contributed by atoms with van der Waals surface area (Å²) in [5.74, 6) is -0.221. The van der Waals surface area contributed by atoms with Crippen LogP contribution in [0.2, 0.25) is 0 Å². The number of carbonyl (C=O) groups excluding carboxylic acids is 2. The molecule has 0 bridgehead atoms. The summed E-state index contributed by atoms with van der Waals surface area (Å²) >= 11 is 0. The third-order valence-corrected chi connectivity index (χ3v) is 6.09. The highest BCUT2D eigenvalue weighted by atomic mass is 32.2. The van der Waals surface area contributed by atoms with E-state index >= 15 is 0 Å². The number of nitrogens with one attached hydrogen (secondary N) is 1. The topological polar surface area (TPSA) is 96.0 Å². The lowest BCUT2D eigenvalue weighted by molar-refractivity contribution is -0.139. The lowest BCUT2D eigenvalue weighted by Gasteiger charge is -2.31. The molecule has 0 aromatic heterocycles. The number of hydrogen-bond acceptors (Lipinski definition) is 5. The average Bonchev–Trinajstić information content (AvgIpc) is 2.74. The summed E-state index contributed by atoms with van der Waals surface area (Å²) in [7, 11) is -0.707. The fraction of sp³-hybridized carbons (Fsp3) is 0.364. The summed E-state index contributed by atoms with van der Waals surface area (Å²) in [4.78, 5) is 27.0. The average molecular weight is 448 g/mol. The maximum Gasteiger partial charge on any atom is 0.244 e. The number of sulfonamides is 1. The van der Waals surface area contributed by atoms with E-state index in [9.17, 15) is 18.0 Å². The molecule has 2 rings (SSSR count). The van der Waals surface area contributed by atoms with Crippen LogP contribution in [0, 0.1) is 6.92 Å². The van der Waals surface area contributed by atoms with Crippen molar-refractivity contribution in [1.29, 1.82) is 0 Å². The van der Waals surface area contributed by atoms with Gasteiger partial charge in [-0.05, 0) is 43.2 Å². The maximum absolute atomic E-state index is 13.3. The molecule has 8 nitrogen and oxygen atoms in total. The summed E-state index contributed by atoms with van der Waals surface area (Å²) in [5, 5.41) is 2.54. The van der Waals surface area contributed by atoms with E-state index in [4.69, 9.17) is 4.74 Å². The second kappa shape index (κ2) is 10.3. The van der Waals surface area contributed by atoms with E-state index < -0.39 is 28.5 Å². The van der Waals surface area contributed by atoms with Gasteiger partial charge in [-0.3, -0.25) is 13.9 Å². The van der Waals surface area contributed by atoms with Crippen molar-refractivity contribution < 1.29 is 22.7 Å². The summed E-state index contributed by atoms with van der Waals surface area (Å²) < 4.78 is 31.3. The largest absolute Gasteiger partial charge is 0.497 e. The monoisotopic (exact) mass is 447 g/mol. The quantitative estimate of drug-likeness (QED) is 0.634. The molecule has 1 N–H and O–H groups in total. The molecule has 0 aliphatic rings. The number of ether oxygens (including phenoxy) is 1. The number of hydrogen-bond donors (Lipinski definition) is 1. The Morgan fingerprint density at radius 3 is 2.39 bits per heavy atom. The van der Waals surface area contributed by atoms with Gasteiger partial charge in [0, 0.05) is 13.6 Å². The highest BCUT2D eigenvalue weighted by molar-refractivity contribution is 7.92. The molecule has 0 saturated heterocycles. The van der Waals surface area contributed by atoms with Gasteiger partial charge in [-0.25, -0.2) is 8.42 Å². The van der Waals surface area contributed by atoms with Crippen LogP contribution >= 0.6 is 0 Å². The van der Waals surface area contributed by atoms with Crippen molar-refractivity contribution in [2.45, 2.75) is 26.4 Å². The molecule has 0 radical (unpaired) electrons. The number of carbonyl (C=O) groups is 2. The normalized spacial score (nSPS) is 12.0. The molecule has 0 spiro atoms. The third-order valence-electron chi connectivity index (χ3n) is 4.96. The minimum atomic E-state index is -3.74. The first-order chi connectivity index (χ1) is 14.6. The van der Waals surface area contributed by atoms with Crippen molar-refractivity contribution in [3.8, 4) is 5.75 Å². The van der Waals surface area contributed by atoms with Gasteiger partial charge in [-0.2, -0.15) is 0 Å². The van der Waals surface area contributed by atoms with Gasteiger partial charge in [-0.15, -0.1) is 0 Å². The van der Waals surface area contributed by atoms with Crippen molar-refractivity contribution in [2.24, 2.45) is 0 Å². The van der Waals surface area contributed by atoms with Crippen molar-refractivity contribution in [3.63, 3.8) is 0 Å². The van der Waals surface area contributed by atoms with Crippen molar-refractivity contribution in [3.05, 3.63) is 59.7 Å². The molecule has 2 amide bonds. The first kappa shape index (κ1) is 24.2. The van der Waals surface area contributed by atoms with Crippen LogP contribution in [0.4, 0.5) is 5.69 Å². The fourth-order valence-electron chi connectivity index (χ4n) is 3.20. The SMILES string of the molecule is CNC(=O)[C@H](C)N(Cc1cccc(OC)c1)C(=O)CN(c1ccccc1C)S(C)(=O)=O. The second-order valence-electron chi connectivity index (χ2n) is 7.22. The Hall–Kier alpha value is -3.07. The molecular weight excluding hydrogens is 418 g/mol. The first-order valence-electron chi connectivity index (χ1n) is 9.75. The summed E-state index contributed by atoms with van der Waals surface area (Å²) in [6.07, 6.45) is 1.06. The van der Waals surface area contributed by atoms with E-state index in [1.54, 1.807) is 63.4 Å². The Morgan fingerprint density at radius 2 is 1.81 bits per heavy atom. The van der Waals surface area contributed by atoms with Crippen LogP contribution in [0.3, 0.4) is 0 Å². The molecular formula is C22H29N3O5S. The number of nitrogens with zero attached hydrogens (tertiary/aromatic N) is 2. The molecule has 31 heavy (non-hydrogen) atoms.